The van der Waals surface area contributed by atoms with E-state index in [4.69, 9.17) is 9.47 Å². The largest absolute Gasteiger partial charge is 0.497 e. The van der Waals surface area contributed by atoms with Gasteiger partial charge in [-0.3, -0.25) is 0 Å². The lowest BCUT2D eigenvalue weighted by molar-refractivity contribution is 0.0513. The minimum atomic E-state index is -0.292. The Labute approximate surface area is 123 Å². The first-order valence-corrected chi connectivity index (χ1v) is 7.05. The van der Waals surface area contributed by atoms with Gasteiger partial charge in [-0.1, -0.05) is 24.3 Å². The Morgan fingerprint density at radius 3 is 3.00 bits per heavy atom. The van der Waals surface area contributed by atoms with Gasteiger partial charge in [-0.25, -0.2) is 4.39 Å². The highest BCUT2D eigenvalue weighted by Gasteiger charge is 2.20. The van der Waals surface area contributed by atoms with Crippen LogP contribution >= 0.6 is 0 Å². The number of nitrogens with one attached hydrogen (secondary N) is 1. The molecule has 0 aliphatic carbocycles. The van der Waals surface area contributed by atoms with Crippen LogP contribution in [0.5, 0.6) is 5.75 Å². The topological polar surface area (TPSA) is 30.5 Å². The average Bonchev–Trinajstić information content (AvgIpc) is 2.54. The zero-order chi connectivity index (χ0) is 14.7. The molecule has 4 heteroatoms. The number of ether oxygens (including phenoxy) is 2. The van der Waals surface area contributed by atoms with Crippen molar-refractivity contribution in [1.82, 2.24) is 0 Å². The molecule has 1 N–H and O–H groups in total. The standard InChI is InChI=1S/C17H18FNO2/c1-20-13-6-7-15(18)16(10-13)19-11-17-14-5-3-2-4-12(14)8-9-21-17/h2-7,10,17,19H,8-9,11H2,1H3. The van der Waals surface area contributed by atoms with E-state index in [0.29, 0.717) is 24.6 Å². The maximum Gasteiger partial charge on any atom is 0.146 e. The van der Waals surface area contributed by atoms with Crippen LogP contribution in [0.4, 0.5) is 10.1 Å². The first-order valence-electron chi connectivity index (χ1n) is 7.05. The number of hydrogen-bond donors (Lipinski definition) is 1. The summed E-state index contributed by atoms with van der Waals surface area (Å²) in [6.07, 6.45) is 0.876. The highest BCUT2D eigenvalue weighted by Crippen LogP contribution is 2.28. The second-order valence-electron chi connectivity index (χ2n) is 5.03. The van der Waals surface area contributed by atoms with Crippen LogP contribution in [0.15, 0.2) is 42.5 Å². The molecule has 2 aromatic rings. The predicted molar refractivity (Wildman–Crippen MR) is 80.3 cm³/mol. The molecule has 1 aliphatic rings. The van der Waals surface area contributed by atoms with Gasteiger partial charge < -0.3 is 14.8 Å². The zero-order valence-corrected chi connectivity index (χ0v) is 11.9. The van der Waals surface area contributed by atoms with Crippen molar-refractivity contribution < 1.29 is 13.9 Å². The van der Waals surface area contributed by atoms with E-state index in [2.05, 4.69) is 17.4 Å². The molecule has 2 aromatic carbocycles. The van der Waals surface area contributed by atoms with Gasteiger partial charge >= 0.3 is 0 Å². The minimum absolute atomic E-state index is 0.0550. The van der Waals surface area contributed by atoms with E-state index in [1.807, 2.05) is 12.1 Å². The number of hydrogen-bond acceptors (Lipinski definition) is 3. The third-order valence-electron chi connectivity index (χ3n) is 3.74. The Kier molecular flexibility index (Phi) is 4.06. The van der Waals surface area contributed by atoms with Crippen molar-refractivity contribution in [3.63, 3.8) is 0 Å². The fourth-order valence-electron chi connectivity index (χ4n) is 2.62. The Morgan fingerprint density at radius 2 is 2.14 bits per heavy atom. The Hall–Kier alpha value is -2.07. The first-order chi connectivity index (χ1) is 10.3. The molecule has 0 saturated carbocycles. The lowest BCUT2D eigenvalue weighted by Gasteiger charge is -2.26. The van der Waals surface area contributed by atoms with Gasteiger partial charge in [0.2, 0.25) is 0 Å². The molecule has 0 fully saturated rings. The fourth-order valence-corrected chi connectivity index (χ4v) is 2.62. The lowest BCUT2D eigenvalue weighted by atomic mass is 9.97. The molecule has 0 bridgehead atoms. The second kappa shape index (κ2) is 6.14. The van der Waals surface area contributed by atoms with Crippen LogP contribution in [-0.2, 0) is 11.2 Å². The summed E-state index contributed by atoms with van der Waals surface area (Å²) in [4.78, 5) is 0. The van der Waals surface area contributed by atoms with E-state index in [1.165, 1.54) is 17.2 Å². The summed E-state index contributed by atoms with van der Waals surface area (Å²) in [5.41, 5.74) is 2.92. The molecule has 1 aliphatic heterocycles. The molecule has 21 heavy (non-hydrogen) atoms. The van der Waals surface area contributed by atoms with E-state index < -0.39 is 0 Å². The molecule has 3 rings (SSSR count). The number of benzene rings is 2. The predicted octanol–water partition coefficient (Wildman–Crippen LogP) is 3.56. The molecule has 0 saturated heterocycles. The summed E-state index contributed by atoms with van der Waals surface area (Å²) in [6.45, 7) is 1.23. The quantitative estimate of drug-likeness (QED) is 0.932. The van der Waals surface area contributed by atoms with Gasteiger partial charge in [0.05, 0.1) is 25.5 Å². The van der Waals surface area contributed by atoms with Crippen LogP contribution in [-0.4, -0.2) is 20.3 Å². The van der Waals surface area contributed by atoms with Gasteiger partial charge in [0.25, 0.3) is 0 Å². The van der Waals surface area contributed by atoms with Gasteiger partial charge in [0, 0.05) is 12.6 Å². The monoisotopic (exact) mass is 287 g/mol. The number of anilines is 1. The Morgan fingerprint density at radius 1 is 1.29 bits per heavy atom. The van der Waals surface area contributed by atoms with Gasteiger partial charge in [-0.15, -0.1) is 0 Å². The van der Waals surface area contributed by atoms with E-state index in [0.717, 1.165) is 6.42 Å². The summed E-state index contributed by atoms with van der Waals surface area (Å²) < 4.78 is 24.7. The van der Waals surface area contributed by atoms with Gasteiger partial charge in [-0.05, 0) is 29.7 Å². The molecule has 1 heterocycles. The molecule has 1 unspecified atom stereocenters. The van der Waals surface area contributed by atoms with Crippen LogP contribution in [0.3, 0.4) is 0 Å². The van der Waals surface area contributed by atoms with Crippen molar-refractivity contribution in [3.05, 3.63) is 59.4 Å². The van der Waals surface area contributed by atoms with Gasteiger partial charge in [0.15, 0.2) is 0 Å². The molecule has 0 radical (unpaired) electrons. The normalized spacial score (nSPS) is 17.1. The summed E-state index contributed by atoms with van der Waals surface area (Å²) in [5, 5.41) is 3.12. The summed E-state index contributed by atoms with van der Waals surface area (Å²) in [5.74, 6) is 0.337. The third-order valence-corrected chi connectivity index (χ3v) is 3.74. The van der Waals surface area contributed by atoms with Gasteiger partial charge in [-0.2, -0.15) is 0 Å². The average molecular weight is 287 g/mol. The molecule has 110 valence electrons. The van der Waals surface area contributed by atoms with Crippen molar-refractivity contribution in [2.24, 2.45) is 0 Å². The Bertz CT molecular complexity index is 630. The van der Waals surface area contributed by atoms with E-state index >= 15 is 0 Å². The Balaban J connectivity index is 1.74. The molecule has 0 amide bonds. The molecule has 3 nitrogen and oxygen atoms in total. The highest BCUT2D eigenvalue weighted by atomic mass is 19.1. The van der Waals surface area contributed by atoms with Crippen molar-refractivity contribution in [3.8, 4) is 5.75 Å². The summed E-state index contributed by atoms with van der Waals surface area (Å²) in [6, 6.07) is 12.9. The minimum Gasteiger partial charge on any atom is -0.497 e. The van der Waals surface area contributed by atoms with E-state index in [1.54, 1.807) is 19.2 Å². The SMILES string of the molecule is COc1ccc(F)c(NCC2OCCc3ccccc32)c1. The number of rotatable bonds is 4. The third kappa shape index (κ3) is 3.00. The molecule has 0 aromatic heterocycles. The van der Waals surface area contributed by atoms with E-state index in [9.17, 15) is 4.39 Å². The summed E-state index contributed by atoms with van der Waals surface area (Å²) >= 11 is 0. The van der Waals surface area contributed by atoms with Crippen molar-refractivity contribution in [1.29, 1.82) is 0 Å². The smallest absolute Gasteiger partial charge is 0.146 e. The molecular formula is C17H18FNO2. The number of methoxy groups -OCH3 is 1. The second-order valence-corrected chi connectivity index (χ2v) is 5.03. The van der Waals surface area contributed by atoms with Crippen molar-refractivity contribution >= 4 is 5.69 Å². The molecule has 1 atom stereocenters. The maximum atomic E-state index is 13.8. The molecular weight excluding hydrogens is 269 g/mol. The maximum absolute atomic E-state index is 13.8. The molecule has 0 spiro atoms. The van der Waals surface area contributed by atoms with Gasteiger partial charge in [0.1, 0.15) is 11.6 Å². The van der Waals surface area contributed by atoms with Crippen LogP contribution in [0.1, 0.15) is 17.2 Å². The number of fused-ring (bicyclic) bond motifs is 1. The van der Waals surface area contributed by atoms with Crippen molar-refractivity contribution in [2.45, 2.75) is 12.5 Å². The summed E-state index contributed by atoms with van der Waals surface area (Å²) in [7, 11) is 1.57. The van der Waals surface area contributed by atoms with Crippen molar-refractivity contribution in [2.75, 3.05) is 25.6 Å². The van der Waals surface area contributed by atoms with Crippen LogP contribution in [0.2, 0.25) is 0 Å². The van der Waals surface area contributed by atoms with Crippen LogP contribution in [0, 0.1) is 5.82 Å². The van der Waals surface area contributed by atoms with Crippen LogP contribution < -0.4 is 10.1 Å². The fraction of sp³-hybridized carbons (Fsp3) is 0.294. The lowest BCUT2D eigenvalue weighted by Crippen LogP contribution is -2.23. The highest BCUT2D eigenvalue weighted by molar-refractivity contribution is 5.50. The first kappa shape index (κ1) is 13.9. The number of halogens is 1. The zero-order valence-electron chi connectivity index (χ0n) is 11.9. The van der Waals surface area contributed by atoms with E-state index in [-0.39, 0.29) is 11.9 Å². The van der Waals surface area contributed by atoms with Crippen LogP contribution in [0.25, 0.3) is 0 Å².